The Morgan fingerprint density at radius 1 is 0.889 bits per heavy atom. The van der Waals surface area contributed by atoms with Crippen LogP contribution in [-0.2, 0) is 0 Å². The van der Waals surface area contributed by atoms with E-state index in [-0.39, 0.29) is 11.8 Å². The highest BCUT2D eigenvalue weighted by atomic mass is 79.9. The normalized spacial score (nSPS) is 10.3. The van der Waals surface area contributed by atoms with Crippen LogP contribution in [0.4, 0.5) is 11.4 Å². The molecule has 0 saturated heterocycles. The van der Waals surface area contributed by atoms with E-state index in [0.717, 1.165) is 9.54 Å². The number of ether oxygens (including phenoxy) is 1. The van der Waals surface area contributed by atoms with Crippen LogP contribution in [-0.4, -0.2) is 18.4 Å². The fourth-order valence-electron chi connectivity index (χ4n) is 2.34. The van der Waals surface area contributed by atoms with E-state index < -0.39 is 0 Å². The number of carbonyl (C=O) groups excluding carboxylic acids is 2. The molecule has 0 atom stereocenters. The number of benzene rings is 2. The van der Waals surface area contributed by atoms with Crippen molar-refractivity contribution in [2.75, 3.05) is 17.2 Å². The first-order chi connectivity index (χ1) is 13.0. The molecule has 2 aromatic carbocycles. The summed E-state index contributed by atoms with van der Waals surface area (Å²) in [6.45, 7) is 2.51. The zero-order valence-corrected chi connectivity index (χ0v) is 16.9. The predicted molar refractivity (Wildman–Crippen MR) is 112 cm³/mol. The summed E-state index contributed by atoms with van der Waals surface area (Å²) >= 11 is 4.70. The number of nitrogens with one attached hydrogen (secondary N) is 2. The molecule has 27 heavy (non-hydrogen) atoms. The molecular formula is C20H17BrN2O3S. The molecule has 1 aromatic heterocycles. The SMILES string of the molecule is CCOc1ccc(NC(=O)c2ccc(NC(=O)c3ccc(Br)s3)cc2)cc1. The van der Waals surface area contributed by atoms with Gasteiger partial charge >= 0.3 is 0 Å². The van der Waals surface area contributed by atoms with E-state index in [1.165, 1.54) is 11.3 Å². The number of thiophene rings is 1. The lowest BCUT2D eigenvalue weighted by Gasteiger charge is -2.08. The maximum Gasteiger partial charge on any atom is 0.265 e. The van der Waals surface area contributed by atoms with Crippen LogP contribution in [0, 0.1) is 0 Å². The molecule has 1 heterocycles. The van der Waals surface area contributed by atoms with Crippen LogP contribution in [0.15, 0.2) is 64.5 Å². The average molecular weight is 445 g/mol. The molecule has 3 aromatic rings. The summed E-state index contributed by atoms with van der Waals surface area (Å²) < 4.78 is 6.28. The molecule has 7 heteroatoms. The molecular weight excluding hydrogens is 428 g/mol. The summed E-state index contributed by atoms with van der Waals surface area (Å²) in [6, 6.07) is 17.5. The van der Waals surface area contributed by atoms with Crippen molar-refractivity contribution in [1.82, 2.24) is 0 Å². The molecule has 0 unspecified atom stereocenters. The zero-order chi connectivity index (χ0) is 19.2. The number of halogens is 1. The van der Waals surface area contributed by atoms with Crippen LogP contribution in [0.3, 0.4) is 0 Å². The number of rotatable bonds is 6. The van der Waals surface area contributed by atoms with E-state index in [1.807, 2.05) is 13.0 Å². The van der Waals surface area contributed by atoms with Crippen molar-refractivity contribution in [3.63, 3.8) is 0 Å². The van der Waals surface area contributed by atoms with Gasteiger partial charge in [0.2, 0.25) is 0 Å². The summed E-state index contributed by atoms with van der Waals surface area (Å²) in [6.07, 6.45) is 0. The van der Waals surface area contributed by atoms with Crippen LogP contribution < -0.4 is 15.4 Å². The third-order valence-corrected chi connectivity index (χ3v) is 5.25. The fraction of sp³-hybridized carbons (Fsp3) is 0.100. The van der Waals surface area contributed by atoms with Gasteiger partial charge in [-0.15, -0.1) is 11.3 Å². The molecule has 0 saturated carbocycles. The maximum atomic E-state index is 12.3. The monoisotopic (exact) mass is 444 g/mol. The molecule has 3 rings (SSSR count). The minimum atomic E-state index is -0.223. The summed E-state index contributed by atoms with van der Waals surface area (Å²) in [5, 5.41) is 5.64. The maximum absolute atomic E-state index is 12.3. The minimum Gasteiger partial charge on any atom is -0.494 e. The van der Waals surface area contributed by atoms with Gasteiger partial charge in [0, 0.05) is 16.9 Å². The van der Waals surface area contributed by atoms with Gasteiger partial charge in [-0.3, -0.25) is 9.59 Å². The molecule has 0 aliphatic carbocycles. The molecule has 2 N–H and O–H groups in total. The molecule has 138 valence electrons. The van der Waals surface area contributed by atoms with E-state index >= 15 is 0 Å². The third kappa shape index (κ3) is 5.18. The smallest absolute Gasteiger partial charge is 0.265 e. The van der Waals surface area contributed by atoms with Gasteiger partial charge < -0.3 is 15.4 Å². The van der Waals surface area contributed by atoms with Gasteiger partial charge in [0.15, 0.2) is 0 Å². The van der Waals surface area contributed by atoms with E-state index in [9.17, 15) is 9.59 Å². The lowest BCUT2D eigenvalue weighted by molar-refractivity contribution is 0.102. The van der Waals surface area contributed by atoms with Gasteiger partial charge in [-0.2, -0.15) is 0 Å². The van der Waals surface area contributed by atoms with Crippen LogP contribution in [0.25, 0.3) is 0 Å². The molecule has 0 aliphatic heterocycles. The Labute approximate surface area is 169 Å². The molecule has 0 bridgehead atoms. The highest BCUT2D eigenvalue weighted by molar-refractivity contribution is 9.11. The van der Waals surface area contributed by atoms with E-state index in [0.29, 0.717) is 28.4 Å². The Morgan fingerprint density at radius 3 is 2.04 bits per heavy atom. The largest absolute Gasteiger partial charge is 0.494 e. The first-order valence-electron chi connectivity index (χ1n) is 8.26. The predicted octanol–water partition coefficient (Wildman–Crippen LogP) is 5.41. The Kier molecular flexibility index (Phi) is 6.26. The van der Waals surface area contributed by atoms with E-state index in [4.69, 9.17) is 4.74 Å². The highest BCUT2D eigenvalue weighted by Crippen LogP contribution is 2.23. The van der Waals surface area contributed by atoms with Gasteiger partial charge in [-0.1, -0.05) is 0 Å². The first-order valence-corrected chi connectivity index (χ1v) is 9.87. The number of carbonyl (C=O) groups is 2. The number of hydrogen-bond donors (Lipinski definition) is 2. The third-order valence-electron chi connectivity index (χ3n) is 3.63. The van der Waals surface area contributed by atoms with Crippen LogP contribution in [0.1, 0.15) is 27.0 Å². The number of hydrogen-bond acceptors (Lipinski definition) is 4. The van der Waals surface area contributed by atoms with Crippen LogP contribution in [0.2, 0.25) is 0 Å². The van der Waals surface area contributed by atoms with Gasteiger partial charge in [0.05, 0.1) is 15.3 Å². The van der Waals surface area contributed by atoms with Crippen molar-refractivity contribution in [3.8, 4) is 5.75 Å². The second-order valence-electron chi connectivity index (χ2n) is 5.55. The Bertz CT molecular complexity index is 937. The van der Waals surface area contributed by atoms with Gasteiger partial charge in [0.1, 0.15) is 5.75 Å². The number of anilines is 2. The van der Waals surface area contributed by atoms with Crippen molar-refractivity contribution in [2.24, 2.45) is 0 Å². The van der Waals surface area contributed by atoms with Gasteiger partial charge in [0.25, 0.3) is 11.8 Å². The van der Waals surface area contributed by atoms with Crippen LogP contribution in [0.5, 0.6) is 5.75 Å². The molecule has 0 radical (unpaired) electrons. The summed E-state index contributed by atoms with van der Waals surface area (Å²) in [5.74, 6) is 0.352. The Balaban J connectivity index is 1.60. The standard InChI is InChI=1S/C20H17BrN2O3S/c1-2-26-16-9-7-15(8-10-16)22-19(24)13-3-5-14(6-4-13)23-20(25)17-11-12-18(21)27-17/h3-12H,2H2,1H3,(H,22,24)(H,23,25). The lowest BCUT2D eigenvalue weighted by Crippen LogP contribution is -2.13. The van der Waals surface area contributed by atoms with Crippen molar-refractivity contribution in [2.45, 2.75) is 6.92 Å². The van der Waals surface area contributed by atoms with Crippen molar-refractivity contribution < 1.29 is 14.3 Å². The lowest BCUT2D eigenvalue weighted by atomic mass is 10.2. The van der Waals surface area contributed by atoms with E-state index in [2.05, 4.69) is 26.6 Å². The van der Waals surface area contributed by atoms with Gasteiger partial charge in [-0.05, 0) is 83.5 Å². The van der Waals surface area contributed by atoms with E-state index in [1.54, 1.807) is 54.6 Å². The molecule has 0 aliphatic rings. The van der Waals surface area contributed by atoms with Crippen molar-refractivity contribution in [1.29, 1.82) is 0 Å². The number of amides is 2. The Hall–Kier alpha value is -2.64. The molecule has 5 nitrogen and oxygen atoms in total. The van der Waals surface area contributed by atoms with Crippen molar-refractivity contribution in [3.05, 3.63) is 74.9 Å². The fourth-order valence-corrected chi connectivity index (χ4v) is 3.62. The van der Waals surface area contributed by atoms with Crippen LogP contribution >= 0.6 is 27.3 Å². The molecule has 0 fully saturated rings. The molecule has 2 amide bonds. The van der Waals surface area contributed by atoms with Crippen molar-refractivity contribution >= 4 is 50.5 Å². The zero-order valence-electron chi connectivity index (χ0n) is 14.5. The highest BCUT2D eigenvalue weighted by Gasteiger charge is 2.10. The topological polar surface area (TPSA) is 67.4 Å². The second-order valence-corrected chi connectivity index (χ2v) is 8.01. The molecule has 0 spiro atoms. The minimum absolute atomic E-state index is 0.183. The second kappa shape index (κ2) is 8.83. The average Bonchev–Trinajstić information content (AvgIpc) is 3.11. The first kappa shape index (κ1) is 19.1. The summed E-state index contributed by atoms with van der Waals surface area (Å²) in [7, 11) is 0. The Morgan fingerprint density at radius 2 is 1.48 bits per heavy atom. The summed E-state index contributed by atoms with van der Waals surface area (Å²) in [4.78, 5) is 25.1. The summed E-state index contributed by atoms with van der Waals surface area (Å²) in [5.41, 5.74) is 1.81. The van der Waals surface area contributed by atoms with Gasteiger partial charge in [-0.25, -0.2) is 0 Å². The quantitative estimate of drug-likeness (QED) is 0.533.